The maximum absolute atomic E-state index is 11.9. The Balaban J connectivity index is 1.67. The fourth-order valence-corrected chi connectivity index (χ4v) is 2.34. The van der Waals surface area contributed by atoms with Gasteiger partial charge in [0.1, 0.15) is 0 Å². The second kappa shape index (κ2) is 6.15. The molecule has 2 aromatic heterocycles. The Morgan fingerprint density at radius 1 is 1.41 bits per heavy atom. The summed E-state index contributed by atoms with van der Waals surface area (Å²) in [5.41, 5.74) is 2.39. The smallest absolute Gasteiger partial charge is 0.294 e. The number of carbonyl (C=O) groups is 1. The molecule has 0 atom stereocenters. The molecular weight excluding hydrogens is 348 g/mol. The number of aromatic nitrogens is 3. The van der Waals surface area contributed by atoms with Crippen LogP contribution in [0.4, 0.5) is 5.82 Å². The first kappa shape index (κ1) is 14.5. The van der Waals surface area contributed by atoms with Gasteiger partial charge in [-0.05, 0) is 12.5 Å². The quantitative estimate of drug-likeness (QED) is 0.774. The Kier molecular flexibility index (Phi) is 4.06. The summed E-state index contributed by atoms with van der Waals surface area (Å²) in [5.74, 6) is 0.198. The highest BCUT2D eigenvalue weighted by Gasteiger charge is 2.13. The monoisotopic (exact) mass is 360 g/mol. The number of carbonyl (C=O) groups excluding carboxylic acids is 1. The van der Waals surface area contributed by atoms with E-state index in [9.17, 15) is 4.79 Å². The van der Waals surface area contributed by atoms with Crippen LogP contribution in [0.15, 0.2) is 52.2 Å². The number of oxazole rings is 1. The molecule has 0 bridgehead atoms. The molecule has 112 valence electrons. The summed E-state index contributed by atoms with van der Waals surface area (Å²) in [6.45, 7) is 2.75. The van der Waals surface area contributed by atoms with Gasteiger partial charge in [0.25, 0.3) is 10.7 Å². The Morgan fingerprint density at radius 3 is 3.00 bits per heavy atom. The summed E-state index contributed by atoms with van der Waals surface area (Å²) in [5, 5.41) is 2.66. The lowest BCUT2D eigenvalue weighted by molar-refractivity contribution is 0.0995. The van der Waals surface area contributed by atoms with Gasteiger partial charge in [-0.3, -0.25) is 4.79 Å². The Hall–Kier alpha value is -2.41. The van der Waals surface area contributed by atoms with Crippen LogP contribution in [-0.4, -0.2) is 20.4 Å². The third-order valence-electron chi connectivity index (χ3n) is 3.02. The molecule has 0 radical (unpaired) electrons. The zero-order valence-electron chi connectivity index (χ0n) is 11.8. The molecule has 0 fully saturated rings. The van der Waals surface area contributed by atoms with Crippen molar-refractivity contribution in [3.8, 4) is 0 Å². The Bertz CT molecular complexity index is 809. The van der Waals surface area contributed by atoms with Crippen LogP contribution in [0.5, 0.6) is 0 Å². The third-order valence-corrected chi connectivity index (χ3v) is 3.39. The Labute approximate surface area is 135 Å². The normalized spacial score (nSPS) is 10.6. The fourth-order valence-electron chi connectivity index (χ4n) is 2.07. The largest absolute Gasteiger partial charge is 0.426 e. The number of aryl methyl sites for hydroxylation is 1. The van der Waals surface area contributed by atoms with Gasteiger partial charge in [0.15, 0.2) is 5.82 Å². The molecule has 0 unspecified atom stereocenters. The molecular formula is C15H13BrN4O2. The van der Waals surface area contributed by atoms with E-state index in [1.165, 1.54) is 17.3 Å². The van der Waals surface area contributed by atoms with E-state index in [2.05, 4.69) is 56.3 Å². The summed E-state index contributed by atoms with van der Waals surface area (Å²) >= 11 is 3.06. The number of nitrogens with zero attached hydrogens (tertiary/aromatic N) is 3. The van der Waals surface area contributed by atoms with Crippen LogP contribution in [0.3, 0.4) is 0 Å². The number of halogens is 1. The summed E-state index contributed by atoms with van der Waals surface area (Å²) in [6, 6.07) is 8.24. The first-order chi connectivity index (χ1) is 10.6. The molecule has 0 aliphatic heterocycles. The van der Waals surface area contributed by atoms with Gasteiger partial charge in [-0.2, -0.15) is 0 Å². The van der Waals surface area contributed by atoms with Gasteiger partial charge in [-0.1, -0.05) is 29.8 Å². The second-order valence-corrected chi connectivity index (χ2v) is 5.53. The Morgan fingerprint density at radius 2 is 2.27 bits per heavy atom. The van der Waals surface area contributed by atoms with Crippen LogP contribution < -0.4 is 5.32 Å². The maximum atomic E-state index is 11.9. The lowest BCUT2D eigenvalue weighted by atomic mass is 10.1. The molecule has 22 heavy (non-hydrogen) atoms. The van der Waals surface area contributed by atoms with Crippen molar-refractivity contribution in [3.63, 3.8) is 0 Å². The predicted octanol–water partition coefficient (Wildman–Crippen LogP) is 3.24. The van der Waals surface area contributed by atoms with Crippen molar-refractivity contribution in [2.45, 2.75) is 13.5 Å². The van der Waals surface area contributed by atoms with Crippen molar-refractivity contribution < 1.29 is 9.21 Å². The van der Waals surface area contributed by atoms with E-state index in [0.717, 1.165) is 0 Å². The minimum atomic E-state index is -0.390. The number of hydrogen-bond acceptors (Lipinski definition) is 4. The minimum Gasteiger partial charge on any atom is -0.426 e. The van der Waals surface area contributed by atoms with E-state index >= 15 is 0 Å². The minimum absolute atomic E-state index is 0.125. The highest BCUT2D eigenvalue weighted by atomic mass is 79.9. The van der Waals surface area contributed by atoms with Gasteiger partial charge in [0, 0.05) is 28.7 Å². The van der Waals surface area contributed by atoms with Crippen molar-refractivity contribution in [1.82, 2.24) is 14.5 Å². The van der Waals surface area contributed by atoms with Gasteiger partial charge in [-0.25, -0.2) is 9.97 Å². The number of amides is 1. The predicted molar refractivity (Wildman–Crippen MR) is 84.7 cm³/mol. The summed E-state index contributed by atoms with van der Waals surface area (Å²) in [6.07, 6.45) is 4.79. The number of anilines is 1. The highest BCUT2D eigenvalue weighted by molar-refractivity contribution is 9.10. The van der Waals surface area contributed by atoms with E-state index in [0.29, 0.717) is 12.4 Å². The van der Waals surface area contributed by atoms with Gasteiger partial charge < -0.3 is 14.3 Å². The van der Waals surface area contributed by atoms with Gasteiger partial charge in [0.05, 0.1) is 12.5 Å². The number of hydrogen-bond donors (Lipinski definition) is 1. The lowest BCUT2D eigenvalue weighted by Gasteiger charge is -2.03. The summed E-state index contributed by atoms with van der Waals surface area (Å²) in [4.78, 5) is 20.2. The van der Waals surface area contributed by atoms with E-state index in [-0.39, 0.29) is 16.5 Å². The molecule has 7 heteroatoms. The molecule has 0 saturated carbocycles. The molecule has 0 aliphatic carbocycles. The van der Waals surface area contributed by atoms with Gasteiger partial charge in [-0.15, -0.1) is 0 Å². The van der Waals surface area contributed by atoms with Gasteiger partial charge in [0.2, 0.25) is 5.76 Å². The van der Waals surface area contributed by atoms with Crippen LogP contribution in [0.2, 0.25) is 0 Å². The standard InChI is InChI=1S/C15H13BrN4O2/c1-10-3-2-4-11(5-10)7-20-8-13(18-9-20)19-14(21)12-6-17-15(16)22-12/h2-6,8-9H,7H2,1H3,(H,19,21). The molecule has 0 spiro atoms. The molecule has 1 amide bonds. The van der Waals surface area contributed by atoms with Crippen molar-refractivity contribution in [2.24, 2.45) is 0 Å². The molecule has 3 rings (SSSR count). The van der Waals surface area contributed by atoms with Crippen molar-refractivity contribution in [3.05, 3.63) is 64.7 Å². The van der Waals surface area contributed by atoms with Crippen LogP contribution in [0, 0.1) is 6.92 Å². The zero-order chi connectivity index (χ0) is 15.5. The molecule has 6 nitrogen and oxygen atoms in total. The average Bonchev–Trinajstić information content (AvgIpc) is 3.08. The van der Waals surface area contributed by atoms with Crippen LogP contribution in [0.1, 0.15) is 21.7 Å². The van der Waals surface area contributed by atoms with Crippen LogP contribution >= 0.6 is 15.9 Å². The van der Waals surface area contributed by atoms with Gasteiger partial charge >= 0.3 is 0 Å². The van der Waals surface area contributed by atoms with Crippen LogP contribution in [0.25, 0.3) is 0 Å². The maximum Gasteiger partial charge on any atom is 0.294 e. The highest BCUT2D eigenvalue weighted by Crippen LogP contribution is 2.13. The first-order valence-corrected chi connectivity index (χ1v) is 7.39. The van der Waals surface area contributed by atoms with Crippen LogP contribution in [-0.2, 0) is 6.54 Å². The van der Waals surface area contributed by atoms with Crippen molar-refractivity contribution in [1.29, 1.82) is 0 Å². The summed E-state index contributed by atoms with van der Waals surface area (Å²) < 4.78 is 7.00. The zero-order valence-corrected chi connectivity index (χ0v) is 13.4. The average molecular weight is 361 g/mol. The van der Waals surface area contributed by atoms with E-state index in [1.54, 1.807) is 12.5 Å². The fraction of sp³-hybridized carbons (Fsp3) is 0.133. The lowest BCUT2D eigenvalue weighted by Crippen LogP contribution is -2.11. The summed E-state index contributed by atoms with van der Waals surface area (Å²) in [7, 11) is 0. The van der Waals surface area contributed by atoms with Crippen molar-refractivity contribution >= 4 is 27.7 Å². The number of nitrogens with one attached hydrogen (secondary N) is 1. The second-order valence-electron chi connectivity index (χ2n) is 4.85. The first-order valence-electron chi connectivity index (χ1n) is 6.60. The SMILES string of the molecule is Cc1cccc(Cn2cnc(NC(=O)c3cnc(Br)o3)c2)c1. The number of imidazole rings is 1. The topological polar surface area (TPSA) is 73.0 Å². The van der Waals surface area contributed by atoms with E-state index < -0.39 is 0 Å². The number of benzene rings is 1. The van der Waals surface area contributed by atoms with Crippen molar-refractivity contribution in [2.75, 3.05) is 5.32 Å². The molecule has 1 aromatic carbocycles. The number of rotatable bonds is 4. The molecule has 0 aliphatic rings. The molecule has 2 heterocycles. The molecule has 0 saturated heterocycles. The third kappa shape index (κ3) is 3.43. The molecule has 1 N–H and O–H groups in total. The molecule has 3 aromatic rings. The van der Waals surface area contributed by atoms with E-state index in [1.807, 2.05) is 10.6 Å². The van der Waals surface area contributed by atoms with E-state index in [4.69, 9.17) is 4.42 Å².